The van der Waals surface area contributed by atoms with Crippen LogP contribution in [0.3, 0.4) is 0 Å². The van der Waals surface area contributed by atoms with E-state index in [4.69, 9.17) is 39.5 Å². The van der Waals surface area contributed by atoms with Gasteiger partial charge in [0, 0.05) is 11.5 Å². The predicted molar refractivity (Wildman–Crippen MR) is 105 cm³/mol. The van der Waals surface area contributed by atoms with E-state index in [-0.39, 0.29) is 5.91 Å². The van der Waals surface area contributed by atoms with Crippen molar-refractivity contribution in [2.75, 3.05) is 19.7 Å². The second-order valence-corrected chi connectivity index (χ2v) is 9.63. The van der Waals surface area contributed by atoms with Gasteiger partial charge in [0.2, 0.25) is 3.79 Å². The largest absolute Gasteiger partial charge is 0.353 e. The lowest BCUT2D eigenvalue weighted by Gasteiger charge is -2.41. The Morgan fingerprint density at radius 1 is 1.15 bits per heavy atom. The molecular formula is C19H26Cl3N2O2+. The third-order valence-electron chi connectivity index (χ3n) is 5.50. The highest BCUT2D eigenvalue weighted by molar-refractivity contribution is 6.68. The maximum absolute atomic E-state index is 12.4. The third kappa shape index (κ3) is 5.26. The highest BCUT2D eigenvalue weighted by Crippen LogP contribution is 2.32. The Morgan fingerprint density at radius 3 is 2.62 bits per heavy atom. The number of nitrogens with one attached hydrogen (secondary N) is 2. The highest BCUT2D eigenvalue weighted by Gasteiger charge is 2.40. The van der Waals surface area contributed by atoms with Crippen LogP contribution >= 0.6 is 34.8 Å². The normalized spacial score (nSPS) is 27.4. The molecule has 0 radical (unpaired) electrons. The molecule has 0 bridgehead atoms. The second kappa shape index (κ2) is 9.11. The summed E-state index contributed by atoms with van der Waals surface area (Å²) < 4.78 is 4.22. The fourth-order valence-electron chi connectivity index (χ4n) is 4.21. The van der Waals surface area contributed by atoms with Gasteiger partial charge < -0.3 is 15.0 Å². The first-order valence-corrected chi connectivity index (χ1v) is 10.5. The van der Waals surface area contributed by atoms with E-state index in [1.165, 1.54) is 38.8 Å². The first kappa shape index (κ1) is 20.2. The van der Waals surface area contributed by atoms with E-state index in [1.807, 2.05) is 6.07 Å². The minimum Gasteiger partial charge on any atom is -0.353 e. The number of piperidine rings is 2. The number of benzene rings is 1. The van der Waals surface area contributed by atoms with Crippen LogP contribution in [0, 0.1) is 5.92 Å². The number of ether oxygens (including phenoxy) is 1. The first-order valence-electron chi connectivity index (χ1n) is 9.34. The van der Waals surface area contributed by atoms with Crippen molar-refractivity contribution in [2.24, 2.45) is 5.92 Å². The topological polar surface area (TPSA) is 42.8 Å². The smallest absolute Gasteiger partial charge is 0.253 e. The molecule has 3 rings (SSSR count). The SMILES string of the molecule is O=C(N[C@@H](OC[C@@H]1CCC[NH+]2CCCC[C@@H]12)C(Cl)(Cl)Cl)c1ccccc1. The zero-order valence-electron chi connectivity index (χ0n) is 14.7. The number of fused-ring (bicyclic) bond motifs is 1. The zero-order chi connectivity index (χ0) is 18.6. The monoisotopic (exact) mass is 419 g/mol. The molecule has 0 spiro atoms. The van der Waals surface area contributed by atoms with Gasteiger partial charge in [0.15, 0.2) is 6.23 Å². The fraction of sp³-hybridized carbons (Fsp3) is 0.632. The molecule has 1 aromatic carbocycles. The van der Waals surface area contributed by atoms with E-state index in [0.717, 1.165) is 6.42 Å². The molecule has 26 heavy (non-hydrogen) atoms. The first-order chi connectivity index (χ1) is 12.4. The van der Waals surface area contributed by atoms with Crippen LogP contribution < -0.4 is 10.2 Å². The average molecular weight is 421 g/mol. The number of quaternary nitrogens is 1. The maximum Gasteiger partial charge on any atom is 0.253 e. The van der Waals surface area contributed by atoms with Gasteiger partial charge >= 0.3 is 0 Å². The maximum atomic E-state index is 12.4. The molecule has 7 heteroatoms. The number of hydrogen-bond acceptors (Lipinski definition) is 2. The van der Waals surface area contributed by atoms with Crippen molar-refractivity contribution in [3.05, 3.63) is 35.9 Å². The van der Waals surface area contributed by atoms with Crippen molar-refractivity contribution in [1.29, 1.82) is 0 Å². The summed E-state index contributed by atoms with van der Waals surface area (Å²) in [6, 6.07) is 9.50. The molecule has 2 heterocycles. The van der Waals surface area contributed by atoms with Gasteiger partial charge in [0.05, 0.1) is 25.7 Å². The average Bonchev–Trinajstić information content (AvgIpc) is 2.64. The number of carbonyl (C=O) groups excluding carboxylic acids is 1. The Morgan fingerprint density at radius 2 is 1.88 bits per heavy atom. The molecule has 2 N–H and O–H groups in total. The van der Waals surface area contributed by atoms with Gasteiger partial charge in [-0.1, -0.05) is 53.0 Å². The number of carbonyl (C=O) groups is 1. The molecule has 144 valence electrons. The van der Waals surface area contributed by atoms with E-state index in [0.29, 0.717) is 24.1 Å². The quantitative estimate of drug-likeness (QED) is 0.568. The second-order valence-electron chi connectivity index (χ2n) is 7.26. The summed E-state index contributed by atoms with van der Waals surface area (Å²) in [7, 11) is 0. The van der Waals surface area contributed by atoms with Gasteiger partial charge in [0.1, 0.15) is 0 Å². The Hall–Kier alpha value is -0.520. The van der Waals surface area contributed by atoms with Gasteiger partial charge in [-0.3, -0.25) is 4.79 Å². The zero-order valence-corrected chi connectivity index (χ0v) is 17.0. The minimum absolute atomic E-state index is 0.310. The summed E-state index contributed by atoms with van der Waals surface area (Å²) in [6.45, 7) is 3.00. The Kier molecular flexibility index (Phi) is 7.09. The van der Waals surface area contributed by atoms with Gasteiger partial charge in [-0.05, 0) is 44.2 Å². The van der Waals surface area contributed by atoms with Crippen molar-refractivity contribution in [3.8, 4) is 0 Å². The highest BCUT2D eigenvalue weighted by atomic mass is 35.6. The summed E-state index contributed by atoms with van der Waals surface area (Å²) >= 11 is 18.2. The Labute approximate surface area is 170 Å². The van der Waals surface area contributed by atoms with Crippen LogP contribution in [-0.4, -0.2) is 41.7 Å². The molecule has 1 unspecified atom stereocenters. The van der Waals surface area contributed by atoms with Gasteiger partial charge in [-0.25, -0.2) is 0 Å². The van der Waals surface area contributed by atoms with E-state index >= 15 is 0 Å². The number of rotatable bonds is 5. The van der Waals surface area contributed by atoms with Crippen molar-refractivity contribution in [1.82, 2.24) is 5.32 Å². The summed E-state index contributed by atoms with van der Waals surface area (Å²) in [5.74, 6) is 0.137. The number of halogens is 3. The Bertz CT molecular complexity index is 592. The molecule has 0 aliphatic carbocycles. The number of amides is 1. The molecule has 4 atom stereocenters. The summed E-state index contributed by atoms with van der Waals surface area (Å²) in [5.41, 5.74) is 0.510. The molecule has 2 fully saturated rings. The van der Waals surface area contributed by atoms with Gasteiger partial charge in [-0.2, -0.15) is 0 Å². The lowest BCUT2D eigenvalue weighted by Crippen LogP contribution is -3.18. The minimum atomic E-state index is -1.72. The summed E-state index contributed by atoms with van der Waals surface area (Å²) in [6.07, 6.45) is 5.18. The molecule has 0 aromatic heterocycles. The van der Waals surface area contributed by atoms with E-state index < -0.39 is 10.0 Å². The van der Waals surface area contributed by atoms with E-state index in [2.05, 4.69) is 5.32 Å². The molecule has 2 saturated heterocycles. The molecule has 2 aliphatic heterocycles. The molecule has 1 amide bonds. The van der Waals surface area contributed by atoms with Crippen LogP contribution in [0.1, 0.15) is 42.5 Å². The van der Waals surface area contributed by atoms with Crippen molar-refractivity contribution < 1.29 is 14.4 Å². The third-order valence-corrected chi connectivity index (χ3v) is 6.10. The van der Waals surface area contributed by atoms with Crippen LogP contribution in [-0.2, 0) is 4.74 Å². The lowest BCUT2D eigenvalue weighted by atomic mass is 9.84. The summed E-state index contributed by atoms with van der Waals surface area (Å²) in [5, 5.41) is 2.72. The predicted octanol–water partition coefficient (Wildman–Crippen LogP) is 2.98. The number of alkyl halides is 3. The molecule has 0 saturated carbocycles. The van der Waals surface area contributed by atoms with Gasteiger partial charge in [-0.15, -0.1) is 0 Å². The van der Waals surface area contributed by atoms with E-state index in [9.17, 15) is 4.79 Å². The van der Waals surface area contributed by atoms with Crippen LogP contribution in [0.15, 0.2) is 30.3 Å². The standard InChI is InChI=1S/C19H25Cl3N2O2/c20-19(21,22)18(23-17(25)14-7-2-1-3-8-14)26-13-15-9-6-12-24-11-5-4-10-16(15)24/h1-3,7-8,15-16,18H,4-6,9-13H2,(H,23,25)/p+1/t15-,16-,18-/m0/s1. The van der Waals surface area contributed by atoms with Crippen LogP contribution in [0.2, 0.25) is 0 Å². The fourth-order valence-corrected chi connectivity index (χ4v) is 4.56. The summed E-state index contributed by atoms with van der Waals surface area (Å²) in [4.78, 5) is 14.1. The lowest BCUT2D eigenvalue weighted by molar-refractivity contribution is -0.940. The number of hydrogen-bond donors (Lipinski definition) is 2. The Balaban J connectivity index is 1.61. The molecule has 4 nitrogen and oxygen atoms in total. The molecule has 2 aliphatic rings. The van der Waals surface area contributed by atoms with Crippen molar-refractivity contribution >= 4 is 40.7 Å². The van der Waals surface area contributed by atoms with Crippen LogP contribution in [0.5, 0.6) is 0 Å². The molecular weight excluding hydrogens is 395 g/mol. The van der Waals surface area contributed by atoms with Crippen molar-refractivity contribution in [2.45, 2.75) is 48.2 Å². The van der Waals surface area contributed by atoms with Crippen LogP contribution in [0.25, 0.3) is 0 Å². The van der Waals surface area contributed by atoms with E-state index in [1.54, 1.807) is 29.2 Å². The van der Waals surface area contributed by atoms with Crippen LogP contribution in [0.4, 0.5) is 0 Å². The van der Waals surface area contributed by atoms with Gasteiger partial charge in [0.25, 0.3) is 5.91 Å². The molecule has 1 aromatic rings. The van der Waals surface area contributed by atoms with Crippen molar-refractivity contribution in [3.63, 3.8) is 0 Å².